The van der Waals surface area contributed by atoms with Crippen LogP contribution in [0, 0.1) is 5.92 Å². The maximum Gasteiger partial charge on any atom is 0.326 e. The summed E-state index contributed by atoms with van der Waals surface area (Å²) < 4.78 is 0. The summed E-state index contributed by atoms with van der Waals surface area (Å²) in [6.07, 6.45) is 0.182. The Balaban J connectivity index is 4.33. The first kappa shape index (κ1) is 18.8. The minimum atomic E-state index is -1.42. The Kier molecular flexibility index (Phi) is 7.99. The average Bonchev–Trinajstić information content (AvgIpc) is 2.41. The van der Waals surface area contributed by atoms with Crippen LogP contribution in [0.15, 0.2) is 0 Å². The van der Waals surface area contributed by atoms with Gasteiger partial charge in [0, 0.05) is 0 Å². The second-order valence-electron chi connectivity index (χ2n) is 4.76. The average molecular weight is 302 g/mol. The third kappa shape index (κ3) is 7.25. The van der Waals surface area contributed by atoms with Gasteiger partial charge < -0.3 is 27.2 Å². The summed E-state index contributed by atoms with van der Waals surface area (Å²) in [6.45, 7) is 3.26. The lowest BCUT2D eigenvalue weighted by Gasteiger charge is -2.18. The number of carbonyl (C=O) groups excluding carboxylic acids is 3. The van der Waals surface area contributed by atoms with Crippen molar-refractivity contribution in [3.63, 3.8) is 0 Å². The smallest absolute Gasteiger partial charge is 0.326 e. The molecule has 21 heavy (non-hydrogen) atoms. The number of nitrogens with two attached hydrogens (primary N) is 2. The van der Waals surface area contributed by atoms with Gasteiger partial charge in [0.2, 0.25) is 17.7 Å². The molecule has 0 rings (SSSR count). The van der Waals surface area contributed by atoms with Crippen LogP contribution in [-0.2, 0) is 19.2 Å². The molecule has 9 heteroatoms. The maximum absolute atomic E-state index is 11.6. The molecule has 9 nitrogen and oxygen atoms in total. The number of hydrogen-bond acceptors (Lipinski definition) is 5. The lowest BCUT2D eigenvalue weighted by molar-refractivity contribution is -0.143. The van der Waals surface area contributed by atoms with Gasteiger partial charge in [-0.05, 0) is 5.92 Å². The van der Waals surface area contributed by atoms with E-state index in [0.717, 1.165) is 0 Å². The zero-order chi connectivity index (χ0) is 16.6. The number of rotatable bonds is 9. The maximum atomic E-state index is 11.6. The monoisotopic (exact) mass is 302 g/mol. The number of carbonyl (C=O) groups is 4. The van der Waals surface area contributed by atoms with Gasteiger partial charge in [-0.1, -0.05) is 20.3 Å². The highest BCUT2D eigenvalue weighted by Crippen LogP contribution is 2.04. The standard InChI is InChI=1S/C12H22N4O5/c1-3-6(2)10(14)11(19)15-5-9(18)16-7(12(20)21)4-8(13)17/h6-7,10H,3-5,14H2,1-2H3,(H2,13,17)(H,15,19)(H,16,18)(H,20,21)/t6-,7-,10-/m0/s1. The van der Waals surface area contributed by atoms with Crippen molar-refractivity contribution >= 4 is 23.7 Å². The van der Waals surface area contributed by atoms with Gasteiger partial charge >= 0.3 is 5.97 Å². The molecule has 0 aliphatic rings. The minimum absolute atomic E-state index is 0.0466. The van der Waals surface area contributed by atoms with E-state index in [1.54, 1.807) is 6.92 Å². The summed E-state index contributed by atoms with van der Waals surface area (Å²) in [7, 11) is 0. The van der Waals surface area contributed by atoms with Crippen molar-refractivity contribution in [3.8, 4) is 0 Å². The number of primary amides is 1. The summed E-state index contributed by atoms with van der Waals surface area (Å²) in [5.41, 5.74) is 10.6. The Labute approximate surface area is 122 Å². The molecule has 0 heterocycles. The number of hydrogen-bond donors (Lipinski definition) is 5. The number of amides is 3. The van der Waals surface area contributed by atoms with Gasteiger partial charge in [-0.25, -0.2) is 4.79 Å². The van der Waals surface area contributed by atoms with Gasteiger partial charge in [0.25, 0.3) is 0 Å². The highest BCUT2D eigenvalue weighted by atomic mass is 16.4. The van der Waals surface area contributed by atoms with E-state index in [0.29, 0.717) is 6.42 Å². The van der Waals surface area contributed by atoms with Crippen molar-refractivity contribution < 1.29 is 24.3 Å². The van der Waals surface area contributed by atoms with Crippen molar-refractivity contribution in [2.45, 2.75) is 38.8 Å². The molecule has 0 aromatic carbocycles. The van der Waals surface area contributed by atoms with E-state index in [1.807, 2.05) is 6.92 Å². The Hall–Kier alpha value is -2.16. The molecule has 0 saturated carbocycles. The van der Waals surface area contributed by atoms with Crippen LogP contribution in [0.2, 0.25) is 0 Å². The molecule has 0 radical (unpaired) electrons. The van der Waals surface area contributed by atoms with E-state index in [-0.39, 0.29) is 5.92 Å². The first-order valence-electron chi connectivity index (χ1n) is 6.52. The molecule has 3 atom stereocenters. The van der Waals surface area contributed by atoms with Gasteiger partial charge in [0.15, 0.2) is 0 Å². The SMILES string of the molecule is CC[C@H](C)[C@H](N)C(=O)NCC(=O)N[C@@H](CC(N)=O)C(=O)O. The van der Waals surface area contributed by atoms with Crippen molar-refractivity contribution in [2.24, 2.45) is 17.4 Å². The highest BCUT2D eigenvalue weighted by molar-refractivity contribution is 5.91. The predicted molar refractivity (Wildman–Crippen MR) is 73.8 cm³/mol. The molecular formula is C12H22N4O5. The van der Waals surface area contributed by atoms with Crippen LogP contribution < -0.4 is 22.1 Å². The van der Waals surface area contributed by atoms with Crippen molar-refractivity contribution in [3.05, 3.63) is 0 Å². The van der Waals surface area contributed by atoms with Crippen LogP contribution in [-0.4, -0.2) is 47.4 Å². The number of carboxylic acid groups (broad SMARTS) is 1. The van der Waals surface area contributed by atoms with Crippen LogP contribution in [0.4, 0.5) is 0 Å². The molecule has 0 aromatic heterocycles. The highest BCUT2D eigenvalue weighted by Gasteiger charge is 2.23. The van der Waals surface area contributed by atoms with Gasteiger partial charge in [-0.15, -0.1) is 0 Å². The van der Waals surface area contributed by atoms with Crippen molar-refractivity contribution in [1.82, 2.24) is 10.6 Å². The molecule has 0 fully saturated rings. The van der Waals surface area contributed by atoms with Crippen molar-refractivity contribution in [1.29, 1.82) is 0 Å². The Morgan fingerprint density at radius 1 is 1.24 bits per heavy atom. The topological polar surface area (TPSA) is 165 Å². The predicted octanol–water partition coefficient (Wildman–Crippen LogP) is -2.08. The molecule has 0 aliphatic carbocycles. The largest absolute Gasteiger partial charge is 0.480 e. The van der Waals surface area contributed by atoms with Gasteiger partial charge in [0.05, 0.1) is 19.0 Å². The van der Waals surface area contributed by atoms with Crippen LogP contribution in [0.1, 0.15) is 26.7 Å². The normalized spacial score (nSPS) is 14.6. The molecule has 0 aliphatic heterocycles. The zero-order valence-corrected chi connectivity index (χ0v) is 12.1. The Bertz CT molecular complexity index is 412. The van der Waals surface area contributed by atoms with Crippen LogP contribution >= 0.6 is 0 Å². The minimum Gasteiger partial charge on any atom is -0.480 e. The summed E-state index contributed by atoms with van der Waals surface area (Å²) in [5.74, 6) is -3.53. The summed E-state index contributed by atoms with van der Waals surface area (Å²) >= 11 is 0. The summed E-state index contributed by atoms with van der Waals surface area (Å²) in [5, 5.41) is 13.2. The Morgan fingerprint density at radius 3 is 2.24 bits per heavy atom. The third-order valence-electron chi connectivity index (χ3n) is 3.02. The lowest BCUT2D eigenvalue weighted by Crippen LogP contribution is -2.50. The second-order valence-corrected chi connectivity index (χ2v) is 4.76. The van der Waals surface area contributed by atoms with Crippen LogP contribution in [0.3, 0.4) is 0 Å². The molecule has 0 unspecified atom stereocenters. The first-order valence-corrected chi connectivity index (χ1v) is 6.52. The van der Waals surface area contributed by atoms with E-state index in [9.17, 15) is 19.2 Å². The first-order chi connectivity index (χ1) is 9.68. The number of aliphatic carboxylic acids is 1. The van der Waals surface area contributed by atoms with E-state index in [1.165, 1.54) is 0 Å². The fourth-order valence-corrected chi connectivity index (χ4v) is 1.44. The zero-order valence-electron chi connectivity index (χ0n) is 12.1. The lowest BCUT2D eigenvalue weighted by atomic mass is 9.99. The molecule has 0 bridgehead atoms. The summed E-state index contributed by atoms with van der Waals surface area (Å²) in [6, 6.07) is -2.17. The van der Waals surface area contributed by atoms with E-state index in [2.05, 4.69) is 10.6 Å². The van der Waals surface area contributed by atoms with Gasteiger partial charge in [0.1, 0.15) is 6.04 Å². The van der Waals surface area contributed by atoms with Gasteiger partial charge in [-0.2, -0.15) is 0 Å². The van der Waals surface area contributed by atoms with E-state index in [4.69, 9.17) is 16.6 Å². The fraction of sp³-hybridized carbons (Fsp3) is 0.667. The molecule has 120 valence electrons. The second kappa shape index (κ2) is 8.90. The quantitative estimate of drug-likeness (QED) is 0.328. The fourth-order valence-electron chi connectivity index (χ4n) is 1.44. The third-order valence-corrected chi connectivity index (χ3v) is 3.02. The molecule has 0 aromatic rings. The number of nitrogens with one attached hydrogen (secondary N) is 2. The molecular weight excluding hydrogens is 280 g/mol. The molecule has 7 N–H and O–H groups in total. The summed E-state index contributed by atoms with van der Waals surface area (Å²) in [4.78, 5) is 44.7. The molecule has 0 spiro atoms. The van der Waals surface area contributed by atoms with Crippen LogP contribution in [0.25, 0.3) is 0 Å². The Morgan fingerprint density at radius 2 is 1.81 bits per heavy atom. The number of carboxylic acids is 1. The van der Waals surface area contributed by atoms with E-state index < -0.39 is 48.7 Å². The van der Waals surface area contributed by atoms with Crippen molar-refractivity contribution in [2.75, 3.05) is 6.54 Å². The molecule has 0 saturated heterocycles. The van der Waals surface area contributed by atoms with Gasteiger partial charge in [-0.3, -0.25) is 14.4 Å². The van der Waals surface area contributed by atoms with Crippen LogP contribution in [0.5, 0.6) is 0 Å². The molecule has 3 amide bonds. The van der Waals surface area contributed by atoms with E-state index >= 15 is 0 Å².